The van der Waals surface area contributed by atoms with E-state index >= 15 is 0 Å². The minimum absolute atomic E-state index is 0.184. The molecule has 8 heteroatoms. The maximum absolute atomic E-state index is 11.3. The van der Waals surface area contributed by atoms with Crippen LogP contribution in [0.15, 0.2) is 11.7 Å². The molecule has 0 bridgehead atoms. The third-order valence-electron chi connectivity index (χ3n) is 2.88. The number of carbonyl (C=O) groups excluding carboxylic acids is 1. The lowest BCUT2D eigenvalue weighted by atomic mass is 10.2. The topological polar surface area (TPSA) is 81.9 Å². The molecule has 0 amide bonds. The van der Waals surface area contributed by atoms with Crippen LogP contribution in [0.2, 0.25) is 0 Å². The summed E-state index contributed by atoms with van der Waals surface area (Å²) in [6, 6.07) is 0. The van der Waals surface area contributed by atoms with Gasteiger partial charge in [0.2, 0.25) is 0 Å². The molecule has 0 saturated carbocycles. The number of aromatic nitrogens is 4. The predicted octanol–water partition coefficient (Wildman–Crippen LogP) is 1.86. The molecule has 0 saturated heterocycles. The molecule has 0 radical (unpaired) electrons. The second kappa shape index (κ2) is 7.72. The molecule has 0 aliphatic rings. The van der Waals surface area contributed by atoms with Gasteiger partial charge < -0.3 is 14.6 Å². The van der Waals surface area contributed by atoms with Gasteiger partial charge in [0.1, 0.15) is 6.33 Å². The van der Waals surface area contributed by atoms with Crippen molar-refractivity contribution in [1.82, 2.24) is 19.7 Å². The van der Waals surface area contributed by atoms with E-state index in [0.29, 0.717) is 26.0 Å². The number of aryl methyl sites for hydroxylation is 2. The molecule has 7 nitrogen and oxygen atoms in total. The number of rotatable bonds is 8. The lowest BCUT2D eigenvalue weighted by Gasteiger charge is -2.03. The van der Waals surface area contributed by atoms with Crippen molar-refractivity contribution in [2.75, 3.05) is 11.9 Å². The Labute approximate surface area is 127 Å². The van der Waals surface area contributed by atoms with E-state index in [1.807, 2.05) is 16.9 Å². The first kappa shape index (κ1) is 15.4. The summed E-state index contributed by atoms with van der Waals surface area (Å²) in [4.78, 5) is 15.7. The van der Waals surface area contributed by atoms with Gasteiger partial charge in [0.25, 0.3) is 0 Å². The van der Waals surface area contributed by atoms with Crippen LogP contribution in [0.4, 0.5) is 5.13 Å². The minimum atomic E-state index is -0.184. The first-order chi connectivity index (χ1) is 10.2. The first-order valence-electron chi connectivity index (χ1n) is 6.93. The van der Waals surface area contributed by atoms with Gasteiger partial charge in [-0.15, -0.1) is 21.5 Å². The Morgan fingerprint density at radius 1 is 1.48 bits per heavy atom. The number of ether oxygens (including phenoxy) is 1. The molecular weight excluding hydrogens is 290 g/mol. The van der Waals surface area contributed by atoms with E-state index in [1.165, 1.54) is 11.3 Å². The van der Waals surface area contributed by atoms with Gasteiger partial charge in [0, 0.05) is 18.3 Å². The van der Waals surface area contributed by atoms with E-state index in [2.05, 4.69) is 20.5 Å². The molecule has 2 rings (SSSR count). The summed E-state index contributed by atoms with van der Waals surface area (Å²) in [5.74, 6) is 0.692. The Morgan fingerprint density at radius 3 is 3.10 bits per heavy atom. The van der Waals surface area contributed by atoms with E-state index in [1.54, 1.807) is 13.3 Å². The summed E-state index contributed by atoms with van der Waals surface area (Å²) in [5, 5.41) is 13.9. The molecule has 1 N–H and O–H groups in total. The van der Waals surface area contributed by atoms with Crippen LogP contribution < -0.4 is 5.32 Å². The van der Waals surface area contributed by atoms with Crippen LogP contribution in [0, 0.1) is 0 Å². The van der Waals surface area contributed by atoms with E-state index in [-0.39, 0.29) is 5.97 Å². The largest absolute Gasteiger partial charge is 0.466 e. The summed E-state index contributed by atoms with van der Waals surface area (Å²) in [5.41, 5.74) is 0.896. The fourth-order valence-corrected chi connectivity index (χ4v) is 2.54. The number of hydrogen-bond donors (Lipinski definition) is 1. The molecular formula is C13H19N5O2S. The molecule has 0 aliphatic heterocycles. The fourth-order valence-electron chi connectivity index (χ4n) is 1.80. The van der Waals surface area contributed by atoms with Crippen LogP contribution in [-0.4, -0.2) is 32.3 Å². The number of nitrogens with one attached hydrogen (secondary N) is 1. The summed E-state index contributed by atoms with van der Waals surface area (Å²) in [6.07, 6.45) is 2.67. The van der Waals surface area contributed by atoms with Crippen molar-refractivity contribution in [3.05, 3.63) is 23.2 Å². The Hall–Kier alpha value is -1.96. The molecule has 2 aromatic rings. The number of anilines is 1. The molecule has 0 unspecified atom stereocenters. The molecule has 114 valence electrons. The molecule has 2 aromatic heterocycles. The van der Waals surface area contributed by atoms with Crippen LogP contribution >= 0.6 is 11.3 Å². The lowest BCUT2D eigenvalue weighted by molar-refractivity contribution is -0.143. The highest BCUT2D eigenvalue weighted by Crippen LogP contribution is 2.17. The van der Waals surface area contributed by atoms with Gasteiger partial charge in [0.05, 0.1) is 25.3 Å². The predicted molar refractivity (Wildman–Crippen MR) is 80.1 cm³/mol. The molecule has 0 aromatic carbocycles. The summed E-state index contributed by atoms with van der Waals surface area (Å²) in [6.45, 7) is 5.69. The van der Waals surface area contributed by atoms with Gasteiger partial charge in [0.15, 0.2) is 11.0 Å². The van der Waals surface area contributed by atoms with E-state index in [9.17, 15) is 4.79 Å². The van der Waals surface area contributed by atoms with Gasteiger partial charge in [-0.25, -0.2) is 4.98 Å². The quantitative estimate of drug-likeness (QED) is 0.750. The molecule has 2 heterocycles. The van der Waals surface area contributed by atoms with Gasteiger partial charge in [-0.1, -0.05) is 0 Å². The van der Waals surface area contributed by atoms with Crippen LogP contribution in [0.25, 0.3) is 0 Å². The molecule has 0 atom stereocenters. The van der Waals surface area contributed by atoms with E-state index in [4.69, 9.17) is 4.74 Å². The second-order valence-corrected chi connectivity index (χ2v) is 5.19. The highest BCUT2D eigenvalue weighted by molar-refractivity contribution is 7.13. The van der Waals surface area contributed by atoms with Crippen molar-refractivity contribution in [2.24, 2.45) is 0 Å². The van der Waals surface area contributed by atoms with Crippen molar-refractivity contribution >= 4 is 22.4 Å². The summed E-state index contributed by atoms with van der Waals surface area (Å²) in [7, 11) is 0. The van der Waals surface area contributed by atoms with Crippen LogP contribution in [0.1, 0.15) is 31.8 Å². The minimum Gasteiger partial charge on any atom is -0.466 e. The number of nitrogens with zero attached hydrogens (tertiary/aromatic N) is 4. The van der Waals surface area contributed by atoms with Gasteiger partial charge in [-0.3, -0.25) is 4.79 Å². The van der Waals surface area contributed by atoms with Gasteiger partial charge in [-0.05, 0) is 13.8 Å². The van der Waals surface area contributed by atoms with Crippen molar-refractivity contribution in [3.8, 4) is 0 Å². The van der Waals surface area contributed by atoms with Crippen LogP contribution in [0.5, 0.6) is 0 Å². The number of esters is 1. The smallest absolute Gasteiger partial charge is 0.306 e. The number of carbonyl (C=O) groups is 1. The number of thiazole rings is 1. The van der Waals surface area contributed by atoms with E-state index in [0.717, 1.165) is 23.2 Å². The van der Waals surface area contributed by atoms with Crippen LogP contribution in [0.3, 0.4) is 0 Å². The van der Waals surface area contributed by atoms with E-state index < -0.39 is 0 Å². The summed E-state index contributed by atoms with van der Waals surface area (Å²) >= 11 is 1.52. The van der Waals surface area contributed by atoms with Gasteiger partial charge in [-0.2, -0.15) is 0 Å². The molecule has 0 spiro atoms. The maximum Gasteiger partial charge on any atom is 0.306 e. The van der Waals surface area contributed by atoms with Gasteiger partial charge >= 0.3 is 5.97 Å². The Morgan fingerprint density at radius 2 is 2.33 bits per heavy atom. The second-order valence-electron chi connectivity index (χ2n) is 4.34. The fraction of sp³-hybridized carbons (Fsp3) is 0.538. The zero-order valence-electron chi connectivity index (χ0n) is 12.2. The third-order valence-corrected chi connectivity index (χ3v) is 3.73. The molecule has 0 aliphatic carbocycles. The standard InChI is InChI=1S/C13H19N5O2S/c1-3-18-9-15-17-11(18)7-14-13-16-10(8-21-13)5-6-12(19)20-4-2/h8-9H,3-7H2,1-2H3,(H,14,16). The zero-order valence-corrected chi connectivity index (χ0v) is 13.0. The normalized spacial score (nSPS) is 10.6. The highest BCUT2D eigenvalue weighted by Gasteiger charge is 2.07. The average molecular weight is 309 g/mol. The van der Waals surface area contributed by atoms with Crippen molar-refractivity contribution < 1.29 is 9.53 Å². The Balaban J connectivity index is 1.81. The number of hydrogen-bond acceptors (Lipinski definition) is 7. The average Bonchev–Trinajstić information content (AvgIpc) is 3.12. The monoisotopic (exact) mass is 309 g/mol. The van der Waals surface area contributed by atoms with Crippen molar-refractivity contribution in [1.29, 1.82) is 0 Å². The maximum atomic E-state index is 11.3. The summed E-state index contributed by atoms with van der Waals surface area (Å²) < 4.78 is 6.87. The molecule has 21 heavy (non-hydrogen) atoms. The van der Waals surface area contributed by atoms with Crippen molar-refractivity contribution in [3.63, 3.8) is 0 Å². The first-order valence-corrected chi connectivity index (χ1v) is 7.81. The van der Waals surface area contributed by atoms with Crippen molar-refractivity contribution in [2.45, 2.75) is 39.8 Å². The zero-order chi connectivity index (χ0) is 15.1. The molecule has 0 fully saturated rings. The highest BCUT2D eigenvalue weighted by atomic mass is 32.1. The Bertz CT molecular complexity index is 581. The third kappa shape index (κ3) is 4.52. The lowest BCUT2D eigenvalue weighted by Crippen LogP contribution is -2.07. The Kier molecular flexibility index (Phi) is 5.68. The van der Waals surface area contributed by atoms with Crippen LogP contribution in [-0.2, 0) is 29.0 Å². The SMILES string of the molecule is CCOC(=O)CCc1csc(NCc2nncn2CC)n1.